The highest BCUT2D eigenvalue weighted by Crippen LogP contribution is 2.32. The summed E-state index contributed by atoms with van der Waals surface area (Å²) in [4.78, 5) is 8.97. The molecule has 0 unspecified atom stereocenters. The molecule has 0 radical (unpaired) electrons. The summed E-state index contributed by atoms with van der Waals surface area (Å²) in [5, 5.41) is 9.85. The number of nitrogens with zero attached hydrogens (tertiary/aromatic N) is 2. The van der Waals surface area contributed by atoms with Crippen molar-refractivity contribution in [3.63, 3.8) is 0 Å². The molecular formula is C19H27IN4O2S. The van der Waals surface area contributed by atoms with Crippen molar-refractivity contribution in [2.75, 3.05) is 20.4 Å². The van der Waals surface area contributed by atoms with Crippen molar-refractivity contribution in [1.82, 2.24) is 15.6 Å². The molecule has 27 heavy (non-hydrogen) atoms. The number of fused-ring (bicyclic) bond motifs is 1. The minimum absolute atomic E-state index is 0. The van der Waals surface area contributed by atoms with E-state index < -0.39 is 0 Å². The molecule has 0 saturated carbocycles. The predicted molar refractivity (Wildman–Crippen MR) is 121 cm³/mol. The molecule has 0 amide bonds. The van der Waals surface area contributed by atoms with Crippen LogP contribution in [-0.2, 0) is 18.4 Å². The fourth-order valence-corrected chi connectivity index (χ4v) is 3.50. The van der Waals surface area contributed by atoms with Crippen LogP contribution < -0.4 is 20.1 Å². The van der Waals surface area contributed by atoms with Gasteiger partial charge in [0.05, 0.1) is 12.2 Å². The number of hydrogen-bond acceptors (Lipinski definition) is 5. The third-order valence-corrected chi connectivity index (χ3v) is 4.94. The Morgan fingerprint density at radius 3 is 2.70 bits per heavy atom. The number of guanidine groups is 1. The number of thiazole rings is 1. The molecule has 0 atom stereocenters. The van der Waals surface area contributed by atoms with Crippen LogP contribution in [0.3, 0.4) is 0 Å². The van der Waals surface area contributed by atoms with Crippen LogP contribution in [0.5, 0.6) is 11.5 Å². The molecule has 1 aliphatic rings. The van der Waals surface area contributed by atoms with E-state index in [0.717, 1.165) is 41.1 Å². The van der Waals surface area contributed by atoms with Crippen LogP contribution in [0, 0.1) is 0 Å². The van der Waals surface area contributed by atoms with Gasteiger partial charge in [0.2, 0.25) is 6.79 Å². The molecule has 6 nitrogen and oxygen atoms in total. The molecule has 8 heteroatoms. The first-order chi connectivity index (χ1) is 12.5. The molecule has 3 rings (SSSR count). The molecule has 0 fully saturated rings. The average molecular weight is 502 g/mol. The third kappa shape index (κ3) is 5.97. The summed E-state index contributed by atoms with van der Waals surface area (Å²) in [5.41, 5.74) is 2.41. The van der Waals surface area contributed by atoms with Crippen molar-refractivity contribution < 1.29 is 9.47 Å². The summed E-state index contributed by atoms with van der Waals surface area (Å²) >= 11 is 1.68. The van der Waals surface area contributed by atoms with Gasteiger partial charge in [-0.3, -0.25) is 4.99 Å². The SMILES string of the molecule is CN=C(NCCc1ccc2c(c1)OCO2)NCc1nc(C(C)(C)C)cs1.I. The minimum Gasteiger partial charge on any atom is -0.454 e. The fourth-order valence-electron chi connectivity index (χ4n) is 2.54. The Labute approximate surface area is 181 Å². The third-order valence-electron chi connectivity index (χ3n) is 4.09. The normalized spacial score (nSPS) is 13.3. The Hall–Kier alpha value is -1.55. The van der Waals surface area contributed by atoms with Gasteiger partial charge in [-0.2, -0.15) is 0 Å². The topological polar surface area (TPSA) is 67.8 Å². The van der Waals surface area contributed by atoms with Crippen molar-refractivity contribution in [3.05, 3.63) is 39.8 Å². The zero-order valence-corrected chi connectivity index (χ0v) is 19.3. The number of nitrogens with one attached hydrogen (secondary N) is 2. The molecule has 0 spiro atoms. The number of hydrogen-bond donors (Lipinski definition) is 2. The largest absolute Gasteiger partial charge is 0.454 e. The van der Waals surface area contributed by atoms with E-state index in [9.17, 15) is 0 Å². The van der Waals surface area contributed by atoms with Crippen molar-refractivity contribution in [2.45, 2.75) is 39.2 Å². The summed E-state index contributed by atoms with van der Waals surface area (Å²) in [7, 11) is 1.78. The van der Waals surface area contributed by atoms with Crippen LogP contribution in [0.25, 0.3) is 0 Å². The van der Waals surface area contributed by atoms with Crippen molar-refractivity contribution in [2.24, 2.45) is 4.99 Å². The number of ether oxygens (including phenoxy) is 2. The lowest BCUT2D eigenvalue weighted by Gasteiger charge is -2.14. The second-order valence-corrected chi connectivity index (χ2v) is 8.11. The number of rotatable bonds is 5. The van der Waals surface area contributed by atoms with Gasteiger partial charge in [-0.1, -0.05) is 26.8 Å². The average Bonchev–Trinajstić information content (AvgIpc) is 3.26. The van der Waals surface area contributed by atoms with E-state index in [1.54, 1.807) is 18.4 Å². The molecule has 2 aromatic rings. The van der Waals surface area contributed by atoms with Gasteiger partial charge in [0.25, 0.3) is 0 Å². The second-order valence-electron chi connectivity index (χ2n) is 7.17. The van der Waals surface area contributed by atoms with Gasteiger partial charge in [-0.05, 0) is 24.1 Å². The maximum absolute atomic E-state index is 5.42. The van der Waals surface area contributed by atoms with Crippen molar-refractivity contribution in [3.8, 4) is 11.5 Å². The number of aliphatic imine (C=N–C) groups is 1. The number of halogens is 1. The van der Waals surface area contributed by atoms with Crippen LogP contribution in [0.2, 0.25) is 0 Å². The van der Waals surface area contributed by atoms with Crippen LogP contribution >= 0.6 is 35.3 Å². The van der Waals surface area contributed by atoms with Crippen molar-refractivity contribution >= 4 is 41.3 Å². The molecule has 0 bridgehead atoms. The summed E-state index contributed by atoms with van der Waals surface area (Å²) in [6, 6.07) is 6.05. The van der Waals surface area contributed by atoms with Crippen LogP contribution in [0.4, 0.5) is 0 Å². The second kappa shape index (κ2) is 9.59. The summed E-state index contributed by atoms with van der Waals surface area (Å²) in [5.74, 6) is 2.42. The van der Waals surface area contributed by atoms with E-state index in [-0.39, 0.29) is 29.4 Å². The highest BCUT2D eigenvalue weighted by Gasteiger charge is 2.17. The van der Waals surface area contributed by atoms with Gasteiger partial charge in [0, 0.05) is 24.4 Å². The van der Waals surface area contributed by atoms with Gasteiger partial charge in [-0.25, -0.2) is 4.98 Å². The van der Waals surface area contributed by atoms with Crippen LogP contribution in [-0.4, -0.2) is 31.3 Å². The molecule has 2 N–H and O–H groups in total. The summed E-state index contributed by atoms with van der Waals surface area (Å²) in [6.45, 7) is 8.29. The molecule has 2 heterocycles. The minimum atomic E-state index is 0. The van der Waals surface area contributed by atoms with Crippen LogP contribution in [0.1, 0.15) is 37.0 Å². The lowest BCUT2D eigenvalue weighted by atomic mass is 9.93. The van der Waals surface area contributed by atoms with Crippen molar-refractivity contribution in [1.29, 1.82) is 0 Å². The molecular weight excluding hydrogens is 475 g/mol. The van der Waals surface area contributed by atoms with Gasteiger partial charge in [-0.15, -0.1) is 35.3 Å². The fraction of sp³-hybridized carbons (Fsp3) is 0.474. The maximum Gasteiger partial charge on any atom is 0.231 e. The van der Waals surface area contributed by atoms with E-state index in [4.69, 9.17) is 14.5 Å². The summed E-state index contributed by atoms with van der Waals surface area (Å²) in [6.07, 6.45) is 0.878. The van der Waals surface area contributed by atoms with E-state index in [1.807, 2.05) is 12.1 Å². The zero-order chi connectivity index (χ0) is 18.6. The molecule has 1 aliphatic heterocycles. The Morgan fingerprint density at radius 1 is 1.22 bits per heavy atom. The summed E-state index contributed by atoms with van der Waals surface area (Å²) < 4.78 is 10.8. The highest BCUT2D eigenvalue weighted by molar-refractivity contribution is 14.0. The molecule has 0 aliphatic carbocycles. The maximum atomic E-state index is 5.42. The van der Waals surface area contributed by atoms with E-state index in [0.29, 0.717) is 13.3 Å². The van der Waals surface area contributed by atoms with Gasteiger partial charge >= 0.3 is 0 Å². The van der Waals surface area contributed by atoms with E-state index in [1.165, 1.54) is 5.56 Å². The first-order valence-electron chi connectivity index (χ1n) is 8.73. The molecule has 0 saturated heterocycles. The predicted octanol–water partition coefficient (Wildman–Crippen LogP) is 3.70. The van der Waals surface area contributed by atoms with Crippen LogP contribution in [0.15, 0.2) is 28.6 Å². The molecule has 148 valence electrons. The Kier molecular flexibility index (Phi) is 7.72. The Morgan fingerprint density at radius 2 is 2.00 bits per heavy atom. The first-order valence-corrected chi connectivity index (χ1v) is 9.61. The van der Waals surface area contributed by atoms with Gasteiger partial charge < -0.3 is 20.1 Å². The standard InChI is InChI=1S/C19H26N4O2S.HI/c1-19(2,3)16-11-26-17(23-16)10-22-18(20-4)21-8-7-13-5-6-14-15(9-13)25-12-24-14;/h5-6,9,11H,7-8,10,12H2,1-4H3,(H2,20,21,22);1H. The quantitative estimate of drug-likeness (QED) is 0.371. The Balaban J connectivity index is 0.00000261. The zero-order valence-electron chi connectivity index (χ0n) is 16.2. The number of benzene rings is 1. The lowest BCUT2D eigenvalue weighted by molar-refractivity contribution is 0.174. The number of aromatic nitrogens is 1. The highest BCUT2D eigenvalue weighted by atomic mass is 127. The smallest absolute Gasteiger partial charge is 0.231 e. The van der Waals surface area contributed by atoms with E-state index in [2.05, 4.69) is 47.8 Å². The van der Waals surface area contributed by atoms with Gasteiger partial charge in [0.1, 0.15) is 5.01 Å². The molecule has 1 aromatic heterocycles. The molecule has 1 aromatic carbocycles. The van der Waals surface area contributed by atoms with E-state index >= 15 is 0 Å². The first kappa shape index (κ1) is 21.7. The van der Waals surface area contributed by atoms with Gasteiger partial charge in [0.15, 0.2) is 17.5 Å². The monoisotopic (exact) mass is 502 g/mol. The lowest BCUT2D eigenvalue weighted by Crippen LogP contribution is -2.37. The Bertz CT molecular complexity index is 786.